The van der Waals surface area contributed by atoms with Crippen LogP contribution in [0.2, 0.25) is 15.2 Å². The third-order valence-electron chi connectivity index (χ3n) is 24.3. The van der Waals surface area contributed by atoms with Gasteiger partial charge in [0.1, 0.15) is 97.2 Å². The summed E-state index contributed by atoms with van der Waals surface area (Å²) < 4.78 is 42.9. The van der Waals surface area contributed by atoms with Gasteiger partial charge in [0.05, 0.1) is 39.8 Å². The molecule has 8 aromatic rings. The Bertz CT molecular complexity index is 5720. The zero-order valence-corrected chi connectivity index (χ0v) is 93.2. The molecule has 6 aromatic carbocycles. The minimum absolute atomic E-state index is 0. The van der Waals surface area contributed by atoms with Gasteiger partial charge in [0.25, 0.3) is 17.0 Å². The van der Waals surface area contributed by atoms with Crippen molar-refractivity contribution in [3.63, 3.8) is 0 Å². The number of carboxylic acid groups (broad SMARTS) is 1. The number of nitrogens with one attached hydrogen (secondary N) is 2. The number of aryl methyl sites for hydroxylation is 6. The molecule has 0 spiro atoms. The maximum absolute atomic E-state index is 12.3. The van der Waals surface area contributed by atoms with Crippen LogP contribution >= 0.6 is 74.3 Å². The fourth-order valence-electron chi connectivity index (χ4n) is 18.4. The molecule has 10 bridgehead atoms. The number of carboxylic acids is 1. The number of aromatic nitrogens is 2. The number of alkyl halides is 1. The van der Waals surface area contributed by atoms with E-state index in [9.17, 15) is 49.5 Å². The predicted octanol–water partition coefficient (Wildman–Crippen LogP) is 7.01. The summed E-state index contributed by atoms with van der Waals surface area (Å²) in [4.78, 5) is 92.8. The maximum atomic E-state index is 12.3. The number of ketones is 1. The number of aliphatic carboxylic acids is 1. The number of pyridine rings is 2. The molecule has 2 saturated heterocycles. The van der Waals surface area contributed by atoms with Crippen molar-refractivity contribution in [1.82, 2.24) is 20.6 Å². The first kappa shape index (κ1) is 106. The third kappa shape index (κ3) is 22.8. The summed E-state index contributed by atoms with van der Waals surface area (Å²) >= 11 is 24.7. The van der Waals surface area contributed by atoms with Crippen molar-refractivity contribution in [3.8, 4) is 64.0 Å². The fourth-order valence-corrected chi connectivity index (χ4v) is 22.2. The molecule has 2 aromatic heterocycles. The molecule has 5 N–H and O–H groups in total. The van der Waals surface area contributed by atoms with Gasteiger partial charge in [-0.05, 0) is 175 Å². The number of halogens is 4. The van der Waals surface area contributed by atoms with E-state index in [1.807, 2.05) is 114 Å². The second-order valence-corrected chi connectivity index (χ2v) is 37.4. The molecule has 6 aliphatic carbocycles. The van der Waals surface area contributed by atoms with E-state index in [2.05, 4.69) is 64.4 Å². The van der Waals surface area contributed by atoms with Crippen molar-refractivity contribution >= 4 is 121 Å². The van der Waals surface area contributed by atoms with Gasteiger partial charge in [-0.3, -0.25) is 44.2 Å². The molecule has 2 unspecified atom stereocenters. The van der Waals surface area contributed by atoms with Crippen molar-refractivity contribution < 1.29 is 309 Å². The van der Waals surface area contributed by atoms with E-state index in [1.165, 1.54) is 5.56 Å². The molecule has 658 valence electrons. The normalized spacial score (nSPS) is 26.7. The number of amides is 4. The molecule has 26 rings (SSSR count). The molecule has 2 atom stereocenters. The number of aromatic hydroxyl groups is 2. The Kier molecular flexibility index (Phi) is 37.6. The van der Waals surface area contributed by atoms with Gasteiger partial charge in [0, 0.05) is 127 Å². The van der Waals surface area contributed by atoms with Gasteiger partial charge < -0.3 is 62.3 Å². The fraction of sp³-hybridized carbons (Fsp3) is 0.371. The third-order valence-corrected chi connectivity index (χ3v) is 28.3. The topological polar surface area (TPSA) is 419 Å². The molecule has 4 amide bonds. The number of ether oxygens (including phenoxy) is 6. The Hall–Kier alpha value is -4.34. The molecule has 27 nitrogen and oxygen atoms in total. The Morgan fingerprint density at radius 1 is 0.591 bits per heavy atom. The number of hydrogen-bond donors (Lipinski definition) is 5. The van der Waals surface area contributed by atoms with Gasteiger partial charge in [-0.15, -0.1) is 0 Å². The molecule has 8 fully saturated rings. The van der Waals surface area contributed by atoms with Gasteiger partial charge >= 0.3 is 204 Å². The van der Waals surface area contributed by atoms with Crippen LogP contribution in [0.1, 0.15) is 153 Å². The number of phenols is 2. The number of nitriles is 2. The van der Waals surface area contributed by atoms with Gasteiger partial charge in [0.15, 0.2) is 0 Å². The monoisotopic (exact) mass is 2320 g/mol. The number of thioether (sulfide) groups is 2. The summed E-state index contributed by atoms with van der Waals surface area (Å²) in [6.07, 6.45) is 14.7. The van der Waals surface area contributed by atoms with E-state index in [-0.39, 0.29) is 302 Å². The number of hydrogen-bond acceptors (Lipinski definition) is 24. The van der Waals surface area contributed by atoms with Crippen LogP contribution in [-0.2, 0) is 108 Å². The second kappa shape index (κ2) is 44.9. The molecule has 18 aliphatic rings. The molecule has 127 heavy (non-hydrogen) atoms. The van der Waals surface area contributed by atoms with Crippen LogP contribution in [0.4, 0.5) is 9.59 Å². The number of carbonyl (C=O) groups excluding carboxylic acids is 6. The van der Waals surface area contributed by atoms with Crippen LogP contribution in [0.15, 0.2) is 134 Å². The molecule has 12 aliphatic heterocycles. The zero-order valence-electron chi connectivity index (χ0n) is 72.2. The number of Topliss-reactive ketones (excluding diaryl/α,β-unsaturated/α-hetero) is 1. The van der Waals surface area contributed by atoms with E-state index in [1.54, 1.807) is 75.9 Å². The van der Waals surface area contributed by atoms with Crippen LogP contribution in [0.3, 0.4) is 0 Å². The molecular weight excluding hydrogens is 2240 g/mol. The van der Waals surface area contributed by atoms with Crippen LogP contribution in [-0.4, -0.2) is 123 Å². The molecule has 6 saturated carbocycles. The first-order chi connectivity index (χ1) is 58.7. The minimum atomic E-state index is -0.716. The van der Waals surface area contributed by atoms with Gasteiger partial charge in [-0.2, -0.15) is 15.3 Å². The van der Waals surface area contributed by atoms with Gasteiger partial charge in [-0.1, -0.05) is 135 Å². The van der Waals surface area contributed by atoms with Crippen molar-refractivity contribution in [1.29, 1.82) is 10.5 Å². The van der Waals surface area contributed by atoms with E-state index in [0.717, 1.165) is 172 Å². The van der Waals surface area contributed by atoms with Gasteiger partial charge in [-0.25, -0.2) is 9.97 Å². The summed E-state index contributed by atoms with van der Waals surface area (Å²) in [5.41, 5.74) is 18.6. The standard InChI is InChI=1S/C19H15ClN2O4S.C13H12N2O2.C13H11NO4S.C13H14O3.C12H12BrNO.C12H11NO.C6H5Cl2N.CH2O3.2Ag.2Cs.Na.O.2H/c1-9-4-13(20)17(21-8-9)26-10-2-3-12-14(5-10)25-11-6-19(12,7-11)15-16(23)22-18(24)27-15;1-8-2-3-10-11(4-8)17-9-5-13(10,6-9)12(16)7-15-14;15-6-1-2-8-9(3-6)18-7-4-13(8,5-7)10-11(16)14-12(17)19-10;1-8-2-3-10-11(4-8)16-9-5-13(10,6-9)7-12(14)15;1-8-2-3-10(11(15)4-8)12(7-14)5-9(13)6-12;1-8-2-3-10-11(4-8)14-9-5-12(10,6-9)7-13;1-4-2-5(7)6(8)9-3-4;2-1-4-3;;;;;;;;/h2-5,8,11,15H,6-7H2,1H3,(H,22,23,24);2-4,7,9H,5-6H2,1H3;1-3,7,10,15H,4-5H2,(H,14,16,17);2-4,9H,5-7H2,1H3,(H,14,15);2-4,9,15H,5-6H2,1H3;2-4,9H,5-6H2,1H3;2-3H,1H3;1,3H;;;;;;;;/q;;;;;;;;;;3*+1;;2*-1/p-1. The Morgan fingerprint density at radius 2 is 1.00 bits per heavy atom. The molecule has 1 radical (unpaired) electrons. The van der Waals surface area contributed by atoms with Crippen LogP contribution in [0.25, 0.3) is 5.53 Å². The average Bonchev–Trinajstić information content (AvgIpc) is 1.62. The number of phenolic OH excluding ortho intramolecular Hbond substituents is 2. The summed E-state index contributed by atoms with van der Waals surface area (Å²) in [7, 11) is 0. The van der Waals surface area contributed by atoms with E-state index < -0.39 is 22.0 Å². The Balaban J connectivity index is 0.000000206. The molecular formula is C89H83Ag2BrCl3Cs2N8NaO19S2. The summed E-state index contributed by atoms with van der Waals surface area (Å²) in [6.45, 7) is 11.6. The first-order valence-corrected chi connectivity index (χ1v) is 43.4. The van der Waals surface area contributed by atoms with E-state index >= 15 is 0 Å². The quantitative estimate of drug-likeness (QED) is 0.0106. The number of imide groups is 2. The van der Waals surface area contributed by atoms with Crippen molar-refractivity contribution in [3.05, 3.63) is 221 Å². The first-order valence-electron chi connectivity index (χ1n) is 39.0. The number of nitrogens with zero attached hydrogens (tertiary/aromatic N) is 6. The SMILES string of the molecule is Cc1ccc(C2(C#N)CC(Br)C2)c(O)c1.Cc1ccc2c(c1)OC1CC2(C#N)C1.Cc1ccc2c(c1)OC1CC2(C(=O)C=[N+]=[N-])C1.Cc1ccc2c(c1)OC1CC2(CC(=O)O)C1.Cc1cnc(Cl)c(Cl)c1.Cc1cnc(Oc2ccc3c(c2)OC2CC3(C3SC(=O)NC3=O)C2)c(Cl)c1.O=C1NC(=O)C(C23CC(C2)Oc2cc(O)ccc23)S1.O=CO[O-].[Ag].[Cs+].[Cs+].[H-].[H-].[Na+].[O]=[Ag]. The van der Waals surface area contributed by atoms with Crippen LogP contribution < -0.4 is 212 Å². The molecule has 38 heteroatoms. The van der Waals surface area contributed by atoms with E-state index in [0.29, 0.717) is 56.0 Å². The van der Waals surface area contributed by atoms with Crippen LogP contribution in [0.5, 0.6) is 51.9 Å². The van der Waals surface area contributed by atoms with Crippen molar-refractivity contribution in [2.75, 3.05) is 0 Å². The van der Waals surface area contributed by atoms with Crippen molar-refractivity contribution in [2.24, 2.45) is 0 Å². The second-order valence-electron chi connectivity index (χ2n) is 32.8. The summed E-state index contributed by atoms with van der Waals surface area (Å²) in [5, 5.41) is 59.9. The zero-order chi connectivity index (χ0) is 88.4. The van der Waals surface area contributed by atoms with Crippen LogP contribution in [0, 0.1) is 64.2 Å². The molecule has 14 heterocycles. The Labute approximate surface area is 935 Å². The van der Waals surface area contributed by atoms with E-state index in [4.69, 9.17) is 87.2 Å². The number of carbonyl (C=O) groups is 7. The Morgan fingerprint density at radius 3 is 1.45 bits per heavy atom. The number of rotatable bonds is 10. The summed E-state index contributed by atoms with van der Waals surface area (Å²) in [6, 6.07) is 42.5. The predicted molar refractivity (Wildman–Crippen MR) is 452 cm³/mol. The summed E-state index contributed by atoms with van der Waals surface area (Å²) in [5.74, 6) is 3.94. The average molecular weight is 2320 g/mol. The number of benzene rings is 6. The van der Waals surface area contributed by atoms with Crippen molar-refractivity contribution in [2.45, 2.75) is 203 Å². The van der Waals surface area contributed by atoms with Gasteiger partial charge in [0.2, 0.25) is 23.5 Å².